The highest BCUT2D eigenvalue weighted by Crippen LogP contribution is 2.27. The van der Waals surface area contributed by atoms with Gasteiger partial charge in [-0.25, -0.2) is 4.98 Å². The lowest BCUT2D eigenvalue weighted by Crippen LogP contribution is -2.33. The van der Waals surface area contributed by atoms with E-state index in [0.717, 1.165) is 49.6 Å². The van der Waals surface area contributed by atoms with Crippen LogP contribution in [0.15, 0.2) is 30.6 Å². The predicted octanol–water partition coefficient (Wildman–Crippen LogP) is 1.33. The van der Waals surface area contributed by atoms with E-state index in [4.69, 9.17) is 0 Å². The fraction of sp³-hybridized carbons (Fsp3) is 0.471. The number of imidazole rings is 1. The molecule has 1 aliphatic heterocycles. The van der Waals surface area contributed by atoms with E-state index in [1.54, 1.807) is 0 Å². The average molecular weight is 326 g/mol. The molecule has 0 radical (unpaired) electrons. The van der Waals surface area contributed by atoms with E-state index in [2.05, 4.69) is 30.7 Å². The van der Waals surface area contributed by atoms with E-state index in [1.165, 1.54) is 0 Å². The van der Waals surface area contributed by atoms with Crippen LogP contribution in [0.3, 0.4) is 0 Å². The summed E-state index contributed by atoms with van der Waals surface area (Å²) in [6, 6.07) is 6.06. The third kappa shape index (κ3) is 2.81. The Balaban J connectivity index is 1.39. The number of hydrogen-bond acceptors (Lipinski definition) is 5. The van der Waals surface area contributed by atoms with Crippen LogP contribution in [0.4, 0.5) is 0 Å². The quantitative estimate of drug-likeness (QED) is 0.783. The molecule has 1 saturated heterocycles. The van der Waals surface area contributed by atoms with Gasteiger partial charge in [0.1, 0.15) is 18.1 Å². The van der Waals surface area contributed by atoms with Gasteiger partial charge in [0, 0.05) is 31.9 Å². The smallest absolute Gasteiger partial charge is 0.158 e. The maximum Gasteiger partial charge on any atom is 0.158 e. The summed E-state index contributed by atoms with van der Waals surface area (Å²) >= 11 is 0. The monoisotopic (exact) mass is 326 g/mol. The van der Waals surface area contributed by atoms with Crippen LogP contribution in [0, 0.1) is 0 Å². The van der Waals surface area contributed by atoms with Gasteiger partial charge in [-0.05, 0) is 38.1 Å². The van der Waals surface area contributed by atoms with Crippen LogP contribution in [0.25, 0.3) is 5.65 Å². The highest BCUT2D eigenvalue weighted by atomic mass is 16.3. The molecule has 1 aliphatic rings. The van der Waals surface area contributed by atoms with Crippen LogP contribution in [0.5, 0.6) is 0 Å². The van der Waals surface area contributed by atoms with Crippen LogP contribution < -0.4 is 0 Å². The van der Waals surface area contributed by atoms with Gasteiger partial charge < -0.3 is 14.1 Å². The Morgan fingerprint density at radius 2 is 2.04 bits per heavy atom. The number of nitrogens with zero attached hydrogens (tertiary/aromatic N) is 6. The molecule has 0 bridgehead atoms. The average Bonchev–Trinajstić information content (AvgIpc) is 3.18. The van der Waals surface area contributed by atoms with Crippen molar-refractivity contribution in [3.05, 3.63) is 47.9 Å². The molecule has 0 amide bonds. The SMILES string of the molecule is Cn1c(CO)nnc1C1CCN(Cc2cn3ccccc3n2)CC1. The molecule has 126 valence electrons. The lowest BCUT2D eigenvalue weighted by molar-refractivity contribution is 0.198. The van der Waals surface area contributed by atoms with E-state index in [0.29, 0.717) is 11.7 Å². The molecule has 0 saturated carbocycles. The molecule has 0 unspecified atom stereocenters. The standard InChI is InChI=1S/C17H22N6O/c1-21-16(12-24)19-20-17(21)13-5-8-22(9-6-13)10-14-11-23-7-3-2-4-15(23)18-14/h2-4,7,11,13,24H,5-6,8-10,12H2,1H3. The Morgan fingerprint density at radius 3 is 2.75 bits per heavy atom. The van der Waals surface area contributed by atoms with Crippen LogP contribution >= 0.6 is 0 Å². The molecular weight excluding hydrogens is 304 g/mol. The summed E-state index contributed by atoms with van der Waals surface area (Å²) in [6.45, 7) is 2.88. The fourth-order valence-electron chi connectivity index (χ4n) is 3.51. The largest absolute Gasteiger partial charge is 0.388 e. The van der Waals surface area contributed by atoms with Crippen molar-refractivity contribution in [1.82, 2.24) is 29.0 Å². The molecular formula is C17H22N6O. The fourth-order valence-corrected chi connectivity index (χ4v) is 3.51. The summed E-state index contributed by atoms with van der Waals surface area (Å²) in [5.74, 6) is 2.05. The molecule has 24 heavy (non-hydrogen) atoms. The first-order chi connectivity index (χ1) is 11.7. The van der Waals surface area contributed by atoms with Crippen molar-refractivity contribution in [3.8, 4) is 0 Å². The van der Waals surface area contributed by atoms with Gasteiger partial charge in [-0.2, -0.15) is 0 Å². The third-order valence-corrected chi connectivity index (χ3v) is 4.89. The van der Waals surface area contributed by atoms with Crippen molar-refractivity contribution in [2.45, 2.75) is 31.9 Å². The predicted molar refractivity (Wildman–Crippen MR) is 89.4 cm³/mol. The first-order valence-corrected chi connectivity index (χ1v) is 8.38. The molecule has 1 fully saturated rings. The molecule has 3 aromatic rings. The normalized spacial score (nSPS) is 16.9. The minimum absolute atomic E-state index is 0.0593. The number of piperidine rings is 1. The minimum atomic E-state index is -0.0593. The van der Waals surface area contributed by atoms with Crippen LogP contribution in [0.2, 0.25) is 0 Å². The van der Waals surface area contributed by atoms with E-state index >= 15 is 0 Å². The number of aromatic nitrogens is 5. The Labute approximate surface area is 140 Å². The molecule has 0 aliphatic carbocycles. The number of pyridine rings is 1. The number of aliphatic hydroxyl groups excluding tert-OH is 1. The van der Waals surface area contributed by atoms with Gasteiger partial charge in [-0.1, -0.05) is 6.07 Å². The second kappa shape index (κ2) is 6.33. The van der Waals surface area contributed by atoms with Crippen molar-refractivity contribution >= 4 is 5.65 Å². The van der Waals surface area contributed by atoms with Gasteiger partial charge in [0.15, 0.2) is 5.82 Å². The van der Waals surface area contributed by atoms with Crippen LogP contribution in [-0.4, -0.2) is 47.2 Å². The molecule has 0 spiro atoms. The van der Waals surface area contributed by atoms with Crippen molar-refractivity contribution < 1.29 is 5.11 Å². The maximum atomic E-state index is 9.26. The summed E-state index contributed by atoms with van der Waals surface area (Å²) in [5.41, 5.74) is 2.11. The van der Waals surface area contributed by atoms with Crippen molar-refractivity contribution in [2.75, 3.05) is 13.1 Å². The summed E-state index contributed by atoms with van der Waals surface area (Å²) in [4.78, 5) is 7.13. The summed E-state index contributed by atoms with van der Waals surface area (Å²) in [7, 11) is 1.93. The zero-order chi connectivity index (χ0) is 16.5. The van der Waals surface area contributed by atoms with Gasteiger partial charge in [0.2, 0.25) is 0 Å². The van der Waals surface area contributed by atoms with E-state index in [1.807, 2.05) is 36.0 Å². The third-order valence-electron chi connectivity index (χ3n) is 4.89. The maximum absolute atomic E-state index is 9.26. The minimum Gasteiger partial charge on any atom is -0.388 e. The molecule has 0 atom stereocenters. The van der Waals surface area contributed by atoms with Gasteiger partial charge in [0.05, 0.1) is 5.69 Å². The molecule has 1 N–H and O–H groups in total. The van der Waals surface area contributed by atoms with Gasteiger partial charge in [-0.3, -0.25) is 4.90 Å². The van der Waals surface area contributed by atoms with Crippen LogP contribution in [0.1, 0.15) is 36.1 Å². The Morgan fingerprint density at radius 1 is 1.21 bits per heavy atom. The zero-order valence-corrected chi connectivity index (χ0v) is 13.8. The van der Waals surface area contributed by atoms with Crippen LogP contribution in [-0.2, 0) is 20.2 Å². The highest BCUT2D eigenvalue weighted by molar-refractivity contribution is 5.39. The first kappa shape index (κ1) is 15.3. The number of aliphatic hydroxyl groups is 1. The Kier molecular flexibility index (Phi) is 4.03. The lowest BCUT2D eigenvalue weighted by Gasteiger charge is -2.30. The van der Waals surface area contributed by atoms with Gasteiger partial charge >= 0.3 is 0 Å². The van der Waals surface area contributed by atoms with E-state index < -0.39 is 0 Å². The summed E-state index contributed by atoms with van der Waals surface area (Å²) in [5, 5.41) is 17.6. The number of fused-ring (bicyclic) bond motifs is 1. The zero-order valence-electron chi connectivity index (χ0n) is 13.8. The van der Waals surface area contributed by atoms with Crippen molar-refractivity contribution in [3.63, 3.8) is 0 Å². The van der Waals surface area contributed by atoms with E-state index in [9.17, 15) is 5.11 Å². The second-order valence-corrected chi connectivity index (χ2v) is 6.44. The summed E-state index contributed by atoms with van der Waals surface area (Å²) < 4.78 is 4.00. The molecule has 3 aromatic heterocycles. The molecule has 7 nitrogen and oxygen atoms in total. The Hall–Kier alpha value is -2.25. The van der Waals surface area contributed by atoms with Crippen molar-refractivity contribution in [1.29, 1.82) is 0 Å². The van der Waals surface area contributed by atoms with Crippen molar-refractivity contribution in [2.24, 2.45) is 7.05 Å². The van der Waals surface area contributed by atoms with Gasteiger partial charge in [0.25, 0.3) is 0 Å². The first-order valence-electron chi connectivity index (χ1n) is 8.38. The van der Waals surface area contributed by atoms with E-state index in [-0.39, 0.29) is 6.61 Å². The molecule has 7 heteroatoms. The Bertz CT molecular complexity index is 798. The lowest BCUT2D eigenvalue weighted by atomic mass is 9.96. The summed E-state index contributed by atoms with van der Waals surface area (Å²) in [6.07, 6.45) is 6.26. The molecule has 4 rings (SSSR count). The number of hydrogen-bond donors (Lipinski definition) is 1. The molecule has 4 heterocycles. The highest BCUT2D eigenvalue weighted by Gasteiger charge is 2.25. The van der Waals surface area contributed by atoms with Gasteiger partial charge in [-0.15, -0.1) is 10.2 Å². The second-order valence-electron chi connectivity index (χ2n) is 6.44. The molecule has 0 aromatic carbocycles. The topological polar surface area (TPSA) is 71.5 Å². The number of likely N-dealkylation sites (tertiary alicyclic amines) is 1. The number of rotatable bonds is 4.